The lowest BCUT2D eigenvalue weighted by Crippen LogP contribution is -2.42. The molecule has 0 bridgehead atoms. The second-order valence-corrected chi connectivity index (χ2v) is 7.97. The number of anilines is 1. The standard InChI is InChI=1S/C20H26N6O2/c1-12-6-4-5-7-14(12)18-15-11-25(19(27)16-8-17(21)23-22-16)9-13(15)10-26(18)20(28)24(2)3/h4-8,13,15,18H,9-11H2,1-3H3,(H3,21,22,23)/t13-,15-,18+/m1/s1. The molecule has 2 aliphatic heterocycles. The molecule has 2 saturated heterocycles. The summed E-state index contributed by atoms with van der Waals surface area (Å²) in [5.74, 6) is 0.669. The van der Waals surface area contributed by atoms with Gasteiger partial charge in [-0.2, -0.15) is 5.10 Å². The molecule has 0 aliphatic carbocycles. The van der Waals surface area contributed by atoms with Gasteiger partial charge >= 0.3 is 6.03 Å². The fourth-order valence-corrected chi connectivity index (χ4v) is 4.60. The number of hydrogen-bond acceptors (Lipinski definition) is 4. The number of rotatable bonds is 2. The van der Waals surface area contributed by atoms with E-state index in [1.165, 1.54) is 0 Å². The van der Waals surface area contributed by atoms with Crippen LogP contribution >= 0.6 is 0 Å². The van der Waals surface area contributed by atoms with Crippen LogP contribution in [-0.2, 0) is 0 Å². The number of nitrogens with zero attached hydrogens (tertiary/aromatic N) is 4. The molecule has 0 unspecified atom stereocenters. The molecule has 0 spiro atoms. The van der Waals surface area contributed by atoms with Gasteiger partial charge in [0, 0.05) is 51.6 Å². The molecule has 8 heteroatoms. The van der Waals surface area contributed by atoms with Crippen LogP contribution in [-0.4, -0.2) is 70.6 Å². The predicted molar refractivity (Wildman–Crippen MR) is 106 cm³/mol. The molecule has 148 valence electrons. The van der Waals surface area contributed by atoms with Crippen LogP contribution in [0, 0.1) is 18.8 Å². The Kier molecular flexibility index (Phi) is 4.49. The summed E-state index contributed by atoms with van der Waals surface area (Å²) in [7, 11) is 3.56. The smallest absolute Gasteiger partial charge is 0.320 e. The van der Waals surface area contributed by atoms with Crippen molar-refractivity contribution in [1.29, 1.82) is 0 Å². The number of aromatic nitrogens is 2. The van der Waals surface area contributed by atoms with Gasteiger partial charge in [0.2, 0.25) is 0 Å². The summed E-state index contributed by atoms with van der Waals surface area (Å²) in [4.78, 5) is 31.1. The Balaban J connectivity index is 1.63. The summed E-state index contributed by atoms with van der Waals surface area (Å²) in [5.41, 5.74) is 8.37. The number of carbonyl (C=O) groups is 2. The number of aryl methyl sites for hydroxylation is 1. The summed E-state index contributed by atoms with van der Waals surface area (Å²) in [6.07, 6.45) is 0. The number of nitrogens with one attached hydrogen (secondary N) is 1. The van der Waals surface area contributed by atoms with Crippen LogP contribution in [0.15, 0.2) is 30.3 Å². The number of carbonyl (C=O) groups excluding carboxylic acids is 2. The first-order chi connectivity index (χ1) is 13.4. The fourth-order valence-electron chi connectivity index (χ4n) is 4.60. The van der Waals surface area contributed by atoms with Gasteiger partial charge in [-0.05, 0) is 18.1 Å². The summed E-state index contributed by atoms with van der Waals surface area (Å²) in [5, 5.41) is 6.56. The topological polar surface area (TPSA) is 98.6 Å². The highest BCUT2D eigenvalue weighted by molar-refractivity contribution is 5.93. The average Bonchev–Trinajstić information content (AvgIpc) is 3.35. The van der Waals surface area contributed by atoms with Gasteiger partial charge in [-0.3, -0.25) is 9.89 Å². The van der Waals surface area contributed by atoms with E-state index >= 15 is 0 Å². The van der Waals surface area contributed by atoms with Crippen molar-refractivity contribution in [3.63, 3.8) is 0 Å². The van der Waals surface area contributed by atoms with Crippen LogP contribution in [0.4, 0.5) is 10.6 Å². The molecule has 3 amide bonds. The van der Waals surface area contributed by atoms with E-state index in [0.717, 1.165) is 11.1 Å². The SMILES string of the molecule is Cc1ccccc1[C@H]1[C@@H]2CN(C(=O)c3cc(N)n[nH]3)C[C@@H]2CN1C(=O)N(C)C. The van der Waals surface area contributed by atoms with Gasteiger partial charge in [-0.25, -0.2) is 4.79 Å². The normalized spacial score (nSPS) is 23.8. The first-order valence-electron chi connectivity index (χ1n) is 9.50. The maximum atomic E-state index is 12.9. The monoisotopic (exact) mass is 382 g/mol. The quantitative estimate of drug-likeness (QED) is 0.826. The second-order valence-electron chi connectivity index (χ2n) is 7.97. The number of benzene rings is 1. The highest BCUT2D eigenvalue weighted by atomic mass is 16.2. The third-order valence-corrected chi connectivity index (χ3v) is 5.91. The van der Waals surface area contributed by atoms with Gasteiger partial charge in [0.15, 0.2) is 0 Å². The van der Waals surface area contributed by atoms with E-state index in [-0.39, 0.29) is 29.8 Å². The lowest BCUT2D eigenvalue weighted by Gasteiger charge is -2.32. The van der Waals surface area contributed by atoms with Gasteiger partial charge in [-0.15, -0.1) is 0 Å². The maximum absolute atomic E-state index is 12.9. The van der Waals surface area contributed by atoms with Crippen molar-refractivity contribution in [3.05, 3.63) is 47.2 Å². The summed E-state index contributed by atoms with van der Waals surface area (Å²) in [6.45, 7) is 3.96. The molecule has 4 rings (SSSR count). The summed E-state index contributed by atoms with van der Waals surface area (Å²) < 4.78 is 0. The highest BCUT2D eigenvalue weighted by Gasteiger charge is 2.50. The van der Waals surface area contributed by atoms with Gasteiger partial charge < -0.3 is 20.4 Å². The molecular weight excluding hydrogens is 356 g/mol. The zero-order chi connectivity index (χ0) is 20.0. The zero-order valence-corrected chi connectivity index (χ0v) is 16.4. The van der Waals surface area contributed by atoms with Crippen molar-refractivity contribution >= 4 is 17.8 Å². The van der Waals surface area contributed by atoms with E-state index in [4.69, 9.17) is 5.73 Å². The molecule has 1 aromatic heterocycles. The van der Waals surface area contributed by atoms with Gasteiger partial charge in [0.1, 0.15) is 11.5 Å². The number of hydrogen-bond donors (Lipinski definition) is 2. The van der Waals surface area contributed by atoms with E-state index in [1.54, 1.807) is 25.1 Å². The molecule has 3 atom stereocenters. The lowest BCUT2D eigenvalue weighted by molar-refractivity contribution is 0.0760. The summed E-state index contributed by atoms with van der Waals surface area (Å²) in [6, 6.07) is 9.74. The molecular formula is C20H26N6O2. The number of amides is 3. The predicted octanol–water partition coefficient (Wildman–Crippen LogP) is 1.73. The van der Waals surface area contributed by atoms with Crippen molar-refractivity contribution in [1.82, 2.24) is 24.9 Å². The van der Waals surface area contributed by atoms with E-state index < -0.39 is 0 Å². The Morgan fingerprint density at radius 1 is 1.21 bits per heavy atom. The first kappa shape index (κ1) is 18.3. The van der Waals surface area contributed by atoms with Gasteiger partial charge in [-0.1, -0.05) is 24.3 Å². The molecule has 0 radical (unpaired) electrons. The van der Waals surface area contributed by atoms with E-state index in [9.17, 15) is 9.59 Å². The van der Waals surface area contributed by atoms with E-state index in [2.05, 4.69) is 29.3 Å². The minimum absolute atomic E-state index is 0.0156. The highest BCUT2D eigenvalue weighted by Crippen LogP contribution is 2.46. The molecule has 2 aliphatic rings. The average molecular weight is 382 g/mol. The van der Waals surface area contributed by atoms with Crippen LogP contribution in [0.2, 0.25) is 0 Å². The zero-order valence-electron chi connectivity index (χ0n) is 16.4. The van der Waals surface area contributed by atoms with Crippen LogP contribution < -0.4 is 5.73 Å². The molecule has 2 aromatic rings. The minimum Gasteiger partial charge on any atom is -0.382 e. The Morgan fingerprint density at radius 3 is 2.61 bits per heavy atom. The summed E-state index contributed by atoms with van der Waals surface area (Å²) >= 11 is 0. The Bertz CT molecular complexity index is 908. The Morgan fingerprint density at radius 2 is 1.96 bits per heavy atom. The number of nitrogen functional groups attached to an aromatic ring is 1. The number of likely N-dealkylation sites (tertiary alicyclic amines) is 2. The van der Waals surface area contributed by atoms with Crippen molar-refractivity contribution in [2.24, 2.45) is 11.8 Å². The number of urea groups is 1. The lowest BCUT2D eigenvalue weighted by atomic mass is 9.88. The Labute approximate surface area is 164 Å². The fraction of sp³-hybridized carbons (Fsp3) is 0.450. The molecule has 2 fully saturated rings. The van der Waals surface area contributed by atoms with Crippen molar-refractivity contribution in [3.8, 4) is 0 Å². The molecule has 28 heavy (non-hydrogen) atoms. The van der Waals surface area contributed by atoms with Gasteiger partial charge in [0.05, 0.1) is 6.04 Å². The maximum Gasteiger partial charge on any atom is 0.320 e. The number of nitrogens with two attached hydrogens (primary N) is 1. The number of H-pyrrole nitrogens is 1. The first-order valence-corrected chi connectivity index (χ1v) is 9.50. The second kappa shape index (κ2) is 6.85. The van der Waals surface area contributed by atoms with E-state index in [1.807, 2.05) is 21.9 Å². The minimum atomic E-state index is -0.0902. The van der Waals surface area contributed by atoms with Crippen molar-refractivity contribution in [2.75, 3.05) is 39.5 Å². The van der Waals surface area contributed by atoms with Crippen molar-refractivity contribution < 1.29 is 9.59 Å². The third-order valence-electron chi connectivity index (χ3n) is 5.91. The van der Waals surface area contributed by atoms with Crippen LogP contribution in [0.25, 0.3) is 0 Å². The van der Waals surface area contributed by atoms with Crippen LogP contribution in [0.1, 0.15) is 27.7 Å². The van der Waals surface area contributed by atoms with Crippen molar-refractivity contribution in [2.45, 2.75) is 13.0 Å². The molecule has 3 N–H and O–H groups in total. The third kappa shape index (κ3) is 2.98. The Hall–Kier alpha value is -3.03. The number of aromatic amines is 1. The number of fused-ring (bicyclic) bond motifs is 1. The molecule has 1 aromatic carbocycles. The van der Waals surface area contributed by atoms with E-state index in [0.29, 0.717) is 31.1 Å². The largest absolute Gasteiger partial charge is 0.382 e. The van der Waals surface area contributed by atoms with Crippen LogP contribution in [0.3, 0.4) is 0 Å². The molecule has 8 nitrogen and oxygen atoms in total. The molecule has 0 saturated carbocycles. The van der Waals surface area contributed by atoms with Crippen LogP contribution in [0.5, 0.6) is 0 Å². The van der Waals surface area contributed by atoms with Gasteiger partial charge in [0.25, 0.3) is 5.91 Å². The molecule has 3 heterocycles.